The van der Waals surface area contributed by atoms with Crippen molar-refractivity contribution in [1.29, 1.82) is 0 Å². The van der Waals surface area contributed by atoms with Crippen LogP contribution in [0.5, 0.6) is 0 Å². The average molecular weight is 429 g/mol. The van der Waals surface area contributed by atoms with E-state index in [-0.39, 0.29) is 11.7 Å². The van der Waals surface area contributed by atoms with Gasteiger partial charge >= 0.3 is 5.76 Å². The molecule has 10 heteroatoms. The van der Waals surface area contributed by atoms with Gasteiger partial charge in [-0.05, 0) is 29.8 Å². The standard InChI is InChI=1S/C19H15N3O5S2/c1-29(25,26)10-11-2-4-12(5-3-11)17(23)22-18-20-15(9-28-18)13-6-7-14-16(8-13)27-19(24)21-14/h2-9H,10H2,1H3,(H,21,24)(H,20,22,23). The molecule has 1 amide bonds. The van der Waals surface area contributed by atoms with Crippen LogP contribution in [-0.4, -0.2) is 30.5 Å². The maximum absolute atomic E-state index is 12.4. The zero-order valence-electron chi connectivity index (χ0n) is 15.1. The van der Waals surface area contributed by atoms with Gasteiger partial charge in [-0.15, -0.1) is 11.3 Å². The van der Waals surface area contributed by atoms with E-state index in [0.717, 1.165) is 11.8 Å². The summed E-state index contributed by atoms with van der Waals surface area (Å²) in [6, 6.07) is 11.6. The van der Waals surface area contributed by atoms with Crippen LogP contribution in [0.3, 0.4) is 0 Å². The van der Waals surface area contributed by atoms with Crippen molar-refractivity contribution in [3.05, 3.63) is 69.5 Å². The molecule has 0 saturated heterocycles. The first kappa shape index (κ1) is 19.1. The van der Waals surface area contributed by atoms with Crippen molar-refractivity contribution in [2.45, 2.75) is 5.75 Å². The Morgan fingerprint density at radius 3 is 2.69 bits per heavy atom. The van der Waals surface area contributed by atoms with E-state index in [0.29, 0.717) is 33.1 Å². The maximum Gasteiger partial charge on any atom is 0.417 e. The van der Waals surface area contributed by atoms with Crippen LogP contribution in [0.25, 0.3) is 22.4 Å². The fourth-order valence-electron chi connectivity index (χ4n) is 2.79. The fourth-order valence-corrected chi connectivity index (χ4v) is 4.31. The Balaban J connectivity index is 1.49. The number of anilines is 1. The van der Waals surface area contributed by atoms with Crippen LogP contribution in [0.1, 0.15) is 15.9 Å². The number of hydrogen-bond donors (Lipinski definition) is 2. The average Bonchev–Trinajstić information content (AvgIpc) is 3.25. The fraction of sp³-hybridized carbons (Fsp3) is 0.105. The molecular formula is C19H15N3O5S2. The quantitative estimate of drug-likeness (QED) is 0.503. The predicted octanol–water partition coefficient (Wildman–Crippen LogP) is 3.04. The number of fused-ring (bicyclic) bond motifs is 1. The maximum atomic E-state index is 12.4. The topological polar surface area (TPSA) is 122 Å². The number of nitrogens with zero attached hydrogens (tertiary/aromatic N) is 1. The Labute approximate surface area is 169 Å². The summed E-state index contributed by atoms with van der Waals surface area (Å²) in [7, 11) is -3.13. The van der Waals surface area contributed by atoms with Crippen molar-refractivity contribution in [3.8, 4) is 11.3 Å². The van der Waals surface area contributed by atoms with Gasteiger partial charge in [-0.3, -0.25) is 15.1 Å². The van der Waals surface area contributed by atoms with E-state index in [1.807, 2.05) is 0 Å². The van der Waals surface area contributed by atoms with Crippen LogP contribution in [0, 0.1) is 0 Å². The Hall–Kier alpha value is -3.24. The number of carbonyl (C=O) groups excluding carboxylic acids is 1. The van der Waals surface area contributed by atoms with Gasteiger partial charge in [0.1, 0.15) is 0 Å². The Morgan fingerprint density at radius 2 is 1.97 bits per heavy atom. The first-order valence-corrected chi connectivity index (χ1v) is 11.4. The highest BCUT2D eigenvalue weighted by Gasteiger charge is 2.12. The third-order valence-corrected chi connectivity index (χ3v) is 5.70. The summed E-state index contributed by atoms with van der Waals surface area (Å²) in [6.07, 6.45) is 1.16. The zero-order valence-corrected chi connectivity index (χ0v) is 16.8. The number of hydrogen-bond acceptors (Lipinski definition) is 7. The van der Waals surface area contributed by atoms with Crippen LogP contribution >= 0.6 is 11.3 Å². The van der Waals surface area contributed by atoms with Crippen molar-refractivity contribution in [1.82, 2.24) is 9.97 Å². The second-order valence-electron chi connectivity index (χ2n) is 6.48. The van der Waals surface area contributed by atoms with Gasteiger partial charge in [0, 0.05) is 22.8 Å². The summed E-state index contributed by atoms with van der Waals surface area (Å²) in [6.45, 7) is 0. The summed E-state index contributed by atoms with van der Waals surface area (Å²) < 4.78 is 27.7. The minimum atomic E-state index is -3.13. The molecule has 0 fully saturated rings. The number of carbonyl (C=O) groups is 1. The highest BCUT2D eigenvalue weighted by atomic mass is 32.2. The second-order valence-corrected chi connectivity index (χ2v) is 9.48. The molecule has 0 spiro atoms. The third kappa shape index (κ3) is 4.44. The Bertz CT molecular complexity index is 1360. The number of aromatic nitrogens is 2. The van der Waals surface area contributed by atoms with E-state index in [1.165, 1.54) is 11.3 Å². The Morgan fingerprint density at radius 1 is 1.21 bits per heavy atom. The molecule has 4 aromatic rings. The highest BCUT2D eigenvalue weighted by molar-refractivity contribution is 7.89. The molecule has 0 aliphatic rings. The lowest BCUT2D eigenvalue weighted by Crippen LogP contribution is -2.11. The van der Waals surface area contributed by atoms with Gasteiger partial charge in [0.2, 0.25) is 0 Å². The number of rotatable bonds is 5. The van der Waals surface area contributed by atoms with Gasteiger partial charge in [0.05, 0.1) is 17.0 Å². The van der Waals surface area contributed by atoms with Crippen molar-refractivity contribution in [2.24, 2.45) is 0 Å². The first-order chi connectivity index (χ1) is 13.8. The molecule has 0 aliphatic carbocycles. The molecule has 8 nitrogen and oxygen atoms in total. The lowest BCUT2D eigenvalue weighted by molar-refractivity contribution is 0.102. The number of aromatic amines is 1. The smallest absolute Gasteiger partial charge is 0.408 e. The number of amides is 1. The molecule has 0 saturated carbocycles. The summed E-state index contributed by atoms with van der Waals surface area (Å²) >= 11 is 1.27. The molecule has 0 bridgehead atoms. The van der Waals surface area contributed by atoms with Crippen LogP contribution in [0.4, 0.5) is 5.13 Å². The van der Waals surface area contributed by atoms with E-state index < -0.39 is 15.6 Å². The zero-order chi connectivity index (χ0) is 20.6. The number of thiazole rings is 1. The van der Waals surface area contributed by atoms with Crippen LogP contribution in [0.15, 0.2) is 57.1 Å². The molecule has 2 aromatic carbocycles. The van der Waals surface area contributed by atoms with Gasteiger partial charge in [0.25, 0.3) is 5.91 Å². The van der Waals surface area contributed by atoms with Crippen LogP contribution in [-0.2, 0) is 15.6 Å². The van der Waals surface area contributed by atoms with E-state index >= 15 is 0 Å². The largest absolute Gasteiger partial charge is 0.417 e. The van der Waals surface area contributed by atoms with E-state index in [1.54, 1.807) is 47.8 Å². The van der Waals surface area contributed by atoms with Crippen molar-refractivity contribution in [2.75, 3.05) is 11.6 Å². The van der Waals surface area contributed by atoms with E-state index in [4.69, 9.17) is 4.42 Å². The monoisotopic (exact) mass is 429 g/mol. The highest BCUT2D eigenvalue weighted by Crippen LogP contribution is 2.27. The molecule has 148 valence electrons. The van der Waals surface area contributed by atoms with Crippen molar-refractivity contribution >= 4 is 43.3 Å². The van der Waals surface area contributed by atoms with E-state index in [2.05, 4.69) is 15.3 Å². The lowest BCUT2D eigenvalue weighted by atomic mass is 10.1. The summed E-state index contributed by atoms with van der Waals surface area (Å²) in [5.41, 5.74) is 3.44. The van der Waals surface area contributed by atoms with Gasteiger partial charge in [-0.1, -0.05) is 18.2 Å². The minimum Gasteiger partial charge on any atom is -0.408 e. The number of sulfone groups is 1. The molecule has 2 heterocycles. The van der Waals surface area contributed by atoms with Crippen molar-refractivity contribution in [3.63, 3.8) is 0 Å². The number of oxazole rings is 1. The van der Waals surface area contributed by atoms with Gasteiger partial charge in [0.15, 0.2) is 20.6 Å². The first-order valence-electron chi connectivity index (χ1n) is 8.44. The summed E-state index contributed by atoms with van der Waals surface area (Å²) in [5, 5.41) is 4.93. The van der Waals surface area contributed by atoms with Gasteiger partial charge in [-0.2, -0.15) is 0 Å². The van der Waals surface area contributed by atoms with Gasteiger partial charge in [-0.25, -0.2) is 18.2 Å². The predicted molar refractivity (Wildman–Crippen MR) is 111 cm³/mol. The van der Waals surface area contributed by atoms with Crippen LogP contribution in [0.2, 0.25) is 0 Å². The summed E-state index contributed by atoms with van der Waals surface area (Å²) in [4.78, 5) is 30.7. The normalized spacial score (nSPS) is 11.6. The molecule has 0 atom stereocenters. The number of H-pyrrole nitrogens is 1. The SMILES string of the molecule is CS(=O)(=O)Cc1ccc(C(=O)Nc2nc(-c3ccc4[nH]c(=O)oc4c3)cs2)cc1. The summed E-state index contributed by atoms with van der Waals surface area (Å²) in [5.74, 6) is -0.939. The Kier molecular flexibility index (Phi) is 4.81. The molecule has 0 unspecified atom stereocenters. The van der Waals surface area contributed by atoms with Crippen molar-refractivity contribution < 1.29 is 17.6 Å². The minimum absolute atomic E-state index is 0.0731. The number of benzene rings is 2. The van der Waals surface area contributed by atoms with Crippen LogP contribution < -0.4 is 11.1 Å². The second kappa shape index (κ2) is 7.30. The molecule has 0 aliphatic heterocycles. The molecular weight excluding hydrogens is 414 g/mol. The molecule has 29 heavy (non-hydrogen) atoms. The van der Waals surface area contributed by atoms with E-state index in [9.17, 15) is 18.0 Å². The lowest BCUT2D eigenvalue weighted by Gasteiger charge is -2.04. The number of nitrogens with one attached hydrogen (secondary N) is 2. The molecule has 2 aromatic heterocycles. The van der Waals surface area contributed by atoms with Gasteiger partial charge < -0.3 is 4.42 Å². The molecule has 2 N–H and O–H groups in total. The molecule has 4 rings (SSSR count). The molecule has 0 radical (unpaired) electrons. The third-order valence-electron chi connectivity index (χ3n) is 4.09.